The molecule has 0 aromatic rings. The molecule has 1 heterocycles. The third-order valence-corrected chi connectivity index (χ3v) is 3.45. The van der Waals surface area contributed by atoms with E-state index in [4.69, 9.17) is 5.11 Å². The zero-order valence-corrected chi connectivity index (χ0v) is 11.7. The van der Waals surface area contributed by atoms with Crippen LogP contribution < -0.4 is 10.6 Å². The summed E-state index contributed by atoms with van der Waals surface area (Å²) in [6.07, 6.45) is 0.437. The molecule has 4 amide bonds. The van der Waals surface area contributed by atoms with Crippen molar-refractivity contribution in [2.24, 2.45) is 5.92 Å². The first kappa shape index (κ1) is 15.9. The van der Waals surface area contributed by atoms with Crippen molar-refractivity contribution in [3.63, 3.8) is 0 Å². The Bertz CT molecular complexity index is 437. The minimum absolute atomic E-state index is 0.189. The van der Waals surface area contributed by atoms with Gasteiger partial charge in [0.25, 0.3) is 5.91 Å². The van der Waals surface area contributed by atoms with Crippen molar-refractivity contribution in [2.45, 2.75) is 38.8 Å². The standard InChI is InChI=1S/C12H19N3O5/c1-6(11(18)19)7(2)13-12(20)14-8-4-5-9(16)15(3)10(8)17/h6-8H,4-5H2,1-3H3,(H,18,19)(H2,13,14,20). The quantitative estimate of drug-likeness (QED) is 0.605. The van der Waals surface area contributed by atoms with Crippen LogP contribution in [0.4, 0.5) is 4.79 Å². The van der Waals surface area contributed by atoms with Gasteiger partial charge in [0.1, 0.15) is 6.04 Å². The molecule has 3 unspecified atom stereocenters. The Kier molecular flexibility index (Phi) is 5.06. The number of carbonyl (C=O) groups is 4. The lowest BCUT2D eigenvalue weighted by molar-refractivity contribution is -0.148. The molecule has 8 nitrogen and oxygen atoms in total. The van der Waals surface area contributed by atoms with Crippen LogP contribution >= 0.6 is 0 Å². The van der Waals surface area contributed by atoms with E-state index in [0.717, 1.165) is 4.90 Å². The molecule has 3 N–H and O–H groups in total. The van der Waals surface area contributed by atoms with E-state index < -0.39 is 35.9 Å². The van der Waals surface area contributed by atoms with Crippen molar-refractivity contribution >= 4 is 23.8 Å². The van der Waals surface area contributed by atoms with Crippen molar-refractivity contribution in [3.05, 3.63) is 0 Å². The summed E-state index contributed by atoms with van der Waals surface area (Å²) in [5, 5.41) is 13.7. The molecular formula is C12H19N3O5. The van der Waals surface area contributed by atoms with E-state index in [1.807, 2.05) is 0 Å². The Morgan fingerprint density at radius 1 is 1.35 bits per heavy atom. The van der Waals surface area contributed by atoms with Gasteiger partial charge in [0, 0.05) is 19.5 Å². The number of aliphatic carboxylic acids is 1. The predicted molar refractivity (Wildman–Crippen MR) is 68.7 cm³/mol. The number of carboxylic acid groups (broad SMARTS) is 1. The van der Waals surface area contributed by atoms with Crippen molar-refractivity contribution in [1.29, 1.82) is 0 Å². The Balaban J connectivity index is 2.52. The van der Waals surface area contributed by atoms with Crippen molar-refractivity contribution in [3.8, 4) is 0 Å². The number of hydrogen-bond acceptors (Lipinski definition) is 4. The van der Waals surface area contributed by atoms with Crippen LogP contribution in [0.2, 0.25) is 0 Å². The largest absolute Gasteiger partial charge is 0.481 e. The lowest BCUT2D eigenvalue weighted by atomic mass is 10.0. The maximum atomic E-state index is 11.8. The number of likely N-dealkylation sites (N-methyl/N-ethyl adjacent to an activating group) is 1. The molecule has 1 aliphatic heterocycles. The van der Waals surface area contributed by atoms with Crippen molar-refractivity contribution < 1.29 is 24.3 Å². The number of urea groups is 1. The molecular weight excluding hydrogens is 266 g/mol. The number of imide groups is 1. The number of hydrogen-bond donors (Lipinski definition) is 3. The zero-order chi connectivity index (χ0) is 15.4. The second-order valence-electron chi connectivity index (χ2n) is 4.92. The highest BCUT2D eigenvalue weighted by molar-refractivity contribution is 6.01. The number of likely N-dealkylation sites (tertiary alicyclic amines) is 1. The van der Waals surface area contributed by atoms with Gasteiger partial charge in [0.2, 0.25) is 5.91 Å². The summed E-state index contributed by atoms with van der Waals surface area (Å²) >= 11 is 0. The van der Waals surface area contributed by atoms with E-state index in [0.29, 0.717) is 0 Å². The van der Waals surface area contributed by atoms with E-state index in [1.165, 1.54) is 14.0 Å². The molecule has 0 spiro atoms. The molecule has 112 valence electrons. The van der Waals surface area contributed by atoms with E-state index in [-0.39, 0.29) is 18.7 Å². The summed E-state index contributed by atoms with van der Waals surface area (Å²) < 4.78 is 0. The number of amides is 4. The maximum Gasteiger partial charge on any atom is 0.315 e. The topological polar surface area (TPSA) is 116 Å². The van der Waals surface area contributed by atoms with E-state index in [1.54, 1.807) is 6.92 Å². The summed E-state index contributed by atoms with van der Waals surface area (Å²) in [6.45, 7) is 3.04. The summed E-state index contributed by atoms with van der Waals surface area (Å²) in [5.41, 5.74) is 0. The Morgan fingerprint density at radius 3 is 2.50 bits per heavy atom. The molecule has 0 aromatic carbocycles. The zero-order valence-electron chi connectivity index (χ0n) is 11.7. The average molecular weight is 285 g/mol. The average Bonchev–Trinajstić information content (AvgIpc) is 2.38. The Labute approximate surface area is 116 Å². The van der Waals surface area contributed by atoms with Crippen LogP contribution in [0.25, 0.3) is 0 Å². The highest BCUT2D eigenvalue weighted by Gasteiger charge is 2.33. The third-order valence-electron chi connectivity index (χ3n) is 3.45. The number of rotatable bonds is 4. The molecule has 20 heavy (non-hydrogen) atoms. The van der Waals surface area contributed by atoms with Crippen LogP contribution in [0.15, 0.2) is 0 Å². The minimum atomic E-state index is -1.02. The number of carbonyl (C=O) groups excluding carboxylic acids is 3. The van der Waals surface area contributed by atoms with Gasteiger partial charge < -0.3 is 15.7 Å². The summed E-state index contributed by atoms with van der Waals surface area (Å²) in [4.78, 5) is 46.5. The van der Waals surface area contributed by atoms with Gasteiger partial charge in [-0.1, -0.05) is 0 Å². The first-order chi connectivity index (χ1) is 9.23. The first-order valence-corrected chi connectivity index (χ1v) is 6.34. The van der Waals surface area contributed by atoms with Gasteiger partial charge in [-0.05, 0) is 20.3 Å². The van der Waals surface area contributed by atoms with Crippen molar-refractivity contribution in [2.75, 3.05) is 7.05 Å². The monoisotopic (exact) mass is 285 g/mol. The van der Waals surface area contributed by atoms with E-state index >= 15 is 0 Å². The molecule has 0 saturated carbocycles. The molecule has 0 bridgehead atoms. The number of carboxylic acids is 1. The summed E-state index contributed by atoms with van der Waals surface area (Å²) in [6, 6.07) is -1.96. The van der Waals surface area contributed by atoms with Gasteiger partial charge in [0.05, 0.1) is 5.92 Å². The maximum absolute atomic E-state index is 11.8. The normalized spacial score (nSPS) is 22.1. The fraction of sp³-hybridized carbons (Fsp3) is 0.667. The second-order valence-corrected chi connectivity index (χ2v) is 4.92. The molecule has 0 aromatic heterocycles. The van der Waals surface area contributed by atoms with Gasteiger partial charge >= 0.3 is 12.0 Å². The summed E-state index contributed by atoms with van der Waals surface area (Å²) in [5.74, 6) is -2.50. The smallest absolute Gasteiger partial charge is 0.315 e. The number of nitrogens with one attached hydrogen (secondary N) is 2. The Morgan fingerprint density at radius 2 is 1.95 bits per heavy atom. The predicted octanol–water partition coefficient (Wildman–Crippen LogP) is -0.458. The first-order valence-electron chi connectivity index (χ1n) is 6.34. The van der Waals surface area contributed by atoms with Gasteiger partial charge in [-0.2, -0.15) is 0 Å². The van der Waals surface area contributed by atoms with Crippen LogP contribution in [0.3, 0.4) is 0 Å². The van der Waals surface area contributed by atoms with Crippen LogP contribution in [-0.4, -0.2) is 53.0 Å². The van der Waals surface area contributed by atoms with Gasteiger partial charge in [-0.3, -0.25) is 19.3 Å². The van der Waals surface area contributed by atoms with Crippen LogP contribution in [0, 0.1) is 5.92 Å². The molecule has 1 rings (SSSR count). The number of piperidine rings is 1. The minimum Gasteiger partial charge on any atom is -0.481 e. The second kappa shape index (κ2) is 6.36. The van der Waals surface area contributed by atoms with E-state index in [2.05, 4.69) is 10.6 Å². The molecule has 0 aliphatic carbocycles. The van der Waals surface area contributed by atoms with Crippen LogP contribution in [0.1, 0.15) is 26.7 Å². The van der Waals surface area contributed by atoms with Gasteiger partial charge in [-0.15, -0.1) is 0 Å². The fourth-order valence-electron chi connectivity index (χ4n) is 1.80. The van der Waals surface area contributed by atoms with Crippen molar-refractivity contribution in [1.82, 2.24) is 15.5 Å². The summed E-state index contributed by atoms with van der Waals surface area (Å²) in [7, 11) is 1.37. The van der Waals surface area contributed by atoms with Crippen LogP contribution in [0.5, 0.6) is 0 Å². The Hall–Kier alpha value is -2.12. The van der Waals surface area contributed by atoms with Gasteiger partial charge in [-0.25, -0.2) is 4.79 Å². The molecule has 3 atom stereocenters. The lowest BCUT2D eigenvalue weighted by Crippen LogP contribution is -2.56. The highest BCUT2D eigenvalue weighted by atomic mass is 16.4. The highest BCUT2D eigenvalue weighted by Crippen LogP contribution is 2.11. The SMILES string of the molecule is CC(NC(=O)NC1CCC(=O)N(C)C1=O)C(C)C(=O)O. The van der Waals surface area contributed by atoms with Gasteiger partial charge in [0.15, 0.2) is 0 Å². The molecule has 1 fully saturated rings. The molecule has 1 aliphatic rings. The molecule has 1 saturated heterocycles. The lowest BCUT2D eigenvalue weighted by Gasteiger charge is -2.28. The molecule has 8 heteroatoms. The number of nitrogens with zero attached hydrogens (tertiary/aromatic N) is 1. The van der Waals surface area contributed by atoms with Crippen LogP contribution in [-0.2, 0) is 14.4 Å². The fourth-order valence-corrected chi connectivity index (χ4v) is 1.80. The third kappa shape index (κ3) is 3.69. The molecule has 0 radical (unpaired) electrons. The van der Waals surface area contributed by atoms with E-state index in [9.17, 15) is 19.2 Å².